The van der Waals surface area contributed by atoms with Crippen LogP contribution in [0.4, 0.5) is 11.4 Å². The van der Waals surface area contributed by atoms with Crippen LogP contribution in [0.2, 0.25) is 0 Å². The van der Waals surface area contributed by atoms with Crippen LogP contribution >= 0.6 is 0 Å². The summed E-state index contributed by atoms with van der Waals surface area (Å²) in [7, 11) is 0. The van der Waals surface area contributed by atoms with E-state index in [0.29, 0.717) is 23.5 Å². The number of amides is 2. The smallest absolute Gasteiger partial charge is 0.265 e. The van der Waals surface area contributed by atoms with Crippen molar-refractivity contribution < 1.29 is 14.3 Å². The second-order valence-electron chi connectivity index (χ2n) is 5.31. The Bertz CT molecular complexity index is 809. The van der Waals surface area contributed by atoms with Crippen molar-refractivity contribution in [2.75, 3.05) is 23.4 Å². The number of carbonyl (C=O) groups excluding carboxylic acids is 2. The van der Waals surface area contributed by atoms with E-state index in [-0.39, 0.29) is 25.0 Å². The summed E-state index contributed by atoms with van der Waals surface area (Å²) in [5.41, 5.74) is 2.16. The number of hydrogen-bond acceptors (Lipinski definition) is 4. The largest absolute Gasteiger partial charge is 0.484 e. The van der Waals surface area contributed by atoms with Crippen molar-refractivity contribution in [1.29, 1.82) is 5.26 Å². The SMILES string of the molecule is N#CCc1ccc(OCC(=O)N2CC(=O)Nc3ccccc32)cc1. The highest BCUT2D eigenvalue weighted by molar-refractivity contribution is 6.10. The molecule has 120 valence electrons. The predicted molar refractivity (Wildman–Crippen MR) is 88.7 cm³/mol. The molecule has 2 aromatic rings. The first-order valence-electron chi connectivity index (χ1n) is 7.45. The van der Waals surface area contributed by atoms with E-state index in [1.54, 1.807) is 42.5 Å². The lowest BCUT2D eigenvalue weighted by molar-refractivity contribution is -0.123. The molecule has 1 N–H and O–H groups in total. The third-order valence-corrected chi connectivity index (χ3v) is 3.64. The second-order valence-corrected chi connectivity index (χ2v) is 5.31. The molecule has 0 atom stereocenters. The molecule has 3 rings (SSSR count). The molecule has 0 unspecified atom stereocenters. The van der Waals surface area contributed by atoms with Crippen LogP contribution in [0.15, 0.2) is 48.5 Å². The van der Waals surface area contributed by atoms with Gasteiger partial charge in [0.25, 0.3) is 5.91 Å². The van der Waals surface area contributed by atoms with Crippen LogP contribution in [0.5, 0.6) is 5.75 Å². The second kappa shape index (κ2) is 6.84. The molecule has 6 heteroatoms. The highest BCUT2D eigenvalue weighted by atomic mass is 16.5. The lowest BCUT2D eigenvalue weighted by atomic mass is 10.2. The standard InChI is InChI=1S/C18H15N3O3/c19-10-9-13-5-7-14(8-6-13)24-12-18(23)21-11-17(22)20-15-3-1-2-4-16(15)21/h1-8H,9,11-12H2,(H,20,22). The van der Waals surface area contributed by atoms with Crippen molar-refractivity contribution >= 4 is 23.2 Å². The quantitative estimate of drug-likeness (QED) is 0.935. The van der Waals surface area contributed by atoms with E-state index in [2.05, 4.69) is 11.4 Å². The van der Waals surface area contributed by atoms with E-state index in [9.17, 15) is 9.59 Å². The van der Waals surface area contributed by atoms with Crippen LogP contribution in [0.3, 0.4) is 0 Å². The number of nitriles is 1. The summed E-state index contributed by atoms with van der Waals surface area (Å²) in [5.74, 6) is 0.0149. The Kier molecular flexibility index (Phi) is 4.43. The average Bonchev–Trinajstić information content (AvgIpc) is 2.60. The third-order valence-electron chi connectivity index (χ3n) is 3.64. The molecule has 1 heterocycles. The molecule has 0 saturated carbocycles. The van der Waals surface area contributed by atoms with E-state index in [0.717, 1.165) is 5.56 Å². The molecule has 6 nitrogen and oxygen atoms in total. The topological polar surface area (TPSA) is 82.4 Å². The number of ether oxygens (including phenoxy) is 1. The van der Waals surface area contributed by atoms with Gasteiger partial charge < -0.3 is 10.1 Å². The Morgan fingerprint density at radius 2 is 1.96 bits per heavy atom. The van der Waals surface area contributed by atoms with E-state index in [4.69, 9.17) is 10.00 Å². The number of fused-ring (bicyclic) bond motifs is 1. The maximum Gasteiger partial charge on any atom is 0.265 e. The molecule has 0 aromatic heterocycles. The zero-order chi connectivity index (χ0) is 16.9. The Morgan fingerprint density at radius 1 is 1.21 bits per heavy atom. The van der Waals surface area contributed by atoms with Gasteiger partial charge in [-0.15, -0.1) is 0 Å². The van der Waals surface area contributed by atoms with Gasteiger partial charge in [0.1, 0.15) is 12.3 Å². The monoisotopic (exact) mass is 321 g/mol. The summed E-state index contributed by atoms with van der Waals surface area (Å²) >= 11 is 0. The first kappa shape index (κ1) is 15.6. The van der Waals surface area contributed by atoms with Gasteiger partial charge in [-0.2, -0.15) is 5.26 Å². The van der Waals surface area contributed by atoms with E-state index in [1.165, 1.54) is 4.90 Å². The van der Waals surface area contributed by atoms with Crippen molar-refractivity contribution in [3.05, 3.63) is 54.1 Å². The summed E-state index contributed by atoms with van der Waals surface area (Å²) in [5, 5.41) is 11.4. The zero-order valence-electron chi connectivity index (χ0n) is 12.9. The number of nitrogens with one attached hydrogen (secondary N) is 1. The molecule has 0 saturated heterocycles. The molecule has 2 aromatic carbocycles. The Balaban J connectivity index is 1.67. The third kappa shape index (κ3) is 3.36. The first-order chi connectivity index (χ1) is 11.7. The van der Waals surface area contributed by atoms with Crippen LogP contribution in [-0.2, 0) is 16.0 Å². The number of hydrogen-bond donors (Lipinski definition) is 1. The fourth-order valence-corrected chi connectivity index (χ4v) is 2.47. The van der Waals surface area contributed by atoms with Crippen LogP contribution in [0.1, 0.15) is 5.56 Å². The molecular weight excluding hydrogens is 306 g/mol. The van der Waals surface area contributed by atoms with Gasteiger partial charge in [0, 0.05) is 0 Å². The minimum absolute atomic E-state index is 0.0275. The molecule has 0 spiro atoms. The van der Waals surface area contributed by atoms with Gasteiger partial charge in [-0.3, -0.25) is 14.5 Å². The van der Waals surface area contributed by atoms with Crippen LogP contribution in [0, 0.1) is 11.3 Å². The van der Waals surface area contributed by atoms with Crippen LogP contribution in [-0.4, -0.2) is 25.0 Å². The molecule has 0 radical (unpaired) electrons. The Morgan fingerprint density at radius 3 is 2.71 bits per heavy atom. The number of benzene rings is 2. The highest BCUT2D eigenvalue weighted by Crippen LogP contribution is 2.28. The zero-order valence-corrected chi connectivity index (χ0v) is 12.9. The van der Waals surface area contributed by atoms with Crippen LogP contribution in [0.25, 0.3) is 0 Å². The molecular formula is C18H15N3O3. The van der Waals surface area contributed by atoms with Crippen molar-refractivity contribution in [2.45, 2.75) is 6.42 Å². The number of rotatable bonds is 4. The lowest BCUT2D eigenvalue weighted by Gasteiger charge is -2.29. The van der Waals surface area contributed by atoms with Gasteiger partial charge in [0.05, 0.1) is 23.9 Å². The van der Waals surface area contributed by atoms with E-state index < -0.39 is 0 Å². The Labute approximate surface area is 139 Å². The van der Waals surface area contributed by atoms with Gasteiger partial charge >= 0.3 is 0 Å². The number of nitrogens with zero attached hydrogens (tertiary/aromatic N) is 2. The number of para-hydroxylation sites is 2. The molecule has 2 amide bonds. The molecule has 0 aliphatic carbocycles. The maximum atomic E-state index is 12.4. The minimum Gasteiger partial charge on any atom is -0.484 e. The van der Waals surface area contributed by atoms with Gasteiger partial charge in [-0.25, -0.2) is 0 Å². The molecule has 0 fully saturated rings. The molecule has 0 bridgehead atoms. The maximum absolute atomic E-state index is 12.4. The van der Waals surface area contributed by atoms with Crippen molar-refractivity contribution in [1.82, 2.24) is 0 Å². The first-order valence-corrected chi connectivity index (χ1v) is 7.45. The normalized spacial score (nSPS) is 12.8. The summed E-state index contributed by atoms with van der Waals surface area (Å²) in [6.45, 7) is -0.195. The number of anilines is 2. The van der Waals surface area contributed by atoms with E-state index >= 15 is 0 Å². The Hall–Kier alpha value is -3.33. The highest BCUT2D eigenvalue weighted by Gasteiger charge is 2.26. The van der Waals surface area contributed by atoms with E-state index in [1.807, 2.05) is 6.07 Å². The molecule has 1 aliphatic rings. The van der Waals surface area contributed by atoms with Gasteiger partial charge in [0.15, 0.2) is 6.61 Å². The fourth-order valence-electron chi connectivity index (χ4n) is 2.47. The van der Waals surface area contributed by atoms with Crippen molar-refractivity contribution in [3.8, 4) is 11.8 Å². The van der Waals surface area contributed by atoms with Crippen molar-refractivity contribution in [2.24, 2.45) is 0 Å². The summed E-state index contributed by atoms with van der Waals surface area (Å²) in [6, 6.07) is 16.2. The van der Waals surface area contributed by atoms with Gasteiger partial charge in [-0.1, -0.05) is 24.3 Å². The molecule has 24 heavy (non-hydrogen) atoms. The lowest BCUT2D eigenvalue weighted by Crippen LogP contribution is -2.44. The summed E-state index contributed by atoms with van der Waals surface area (Å²) in [6.07, 6.45) is 0.332. The summed E-state index contributed by atoms with van der Waals surface area (Å²) in [4.78, 5) is 25.6. The van der Waals surface area contributed by atoms with Crippen molar-refractivity contribution in [3.63, 3.8) is 0 Å². The molecule has 1 aliphatic heterocycles. The number of carbonyl (C=O) groups is 2. The van der Waals surface area contributed by atoms with Crippen LogP contribution < -0.4 is 15.0 Å². The summed E-state index contributed by atoms with van der Waals surface area (Å²) < 4.78 is 5.50. The fraction of sp³-hybridized carbons (Fsp3) is 0.167. The van der Waals surface area contributed by atoms with Gasteiger partial charge in [-0.05, 0) is 29.8 Å². The minimum atomic E-state index is -0.293. The average molecular weight is 321 g/mol. The predicted octanol–water partition coefficient (Wildman–Crippen LogP) is 2.12. The van der Waals surface area contributed by atoms with Gasteiger partial charge in [0.2, 0.25) is 5.91 Å².